The van der Waals surface area contributed by atoms with Gasteiger partial charge in [0.25, 0.3) is 0 Å². The molecule has 0 saturated heterocycles. The molecule has 0 saturated carbocycles. The highest BCUT2D eigenvalue weighted by molar-refractivity contribution is 6.35. The Kier molecular flexibility index (Phi) is 2.17. The first-order valence-corrected chi connectivity index (χ1v) is 4.58. The van der Waals surface area contributed by atoms with Crippen molar-refractivity contribution in [3.8, 4) is 0 Å². The fraction of sp³-hybridized carbons (Fsp3) is 0.100. The van der Waals surface area contributed by atoms with Crippen molar-refractivity contribution in [1.82, 2.24) is 4.57 Å². The van der Waals surface area contributed by atoms with Crippen LogP contribution in [0.15, 0.2) is 30.5 Å². The first-order valence-electron chi connectivity index (χ1n) is 4.20. The maximum atomic E-state index is 10.8. The minimum absolute atomic E-state index is 0.184. The van der Waals surface area contributed by atoms with E-state index in [0.717, 1.165) is 10.9 Å². The predicted octanol–water partition coefficient (Wildman–Crippen LogP) is 1.78. The molecule has 0 spiro atoms. The molecule has 1 amide bonds. The van der Waals surface area contributed by atoms with Crippen molar-refractivity contribution in [3.63, 3.8) is 0 Å². The van der Waals surface area contributed by atoms with Crippen LogP contribution in [0.1, 0.15) is 0 Å². The lowest BCUT2D eigenvalue weighted by atomic mass is 10.2. The number of carbonyl (C=O) groups is 1. The smallest absolute Gasteiger partial charge is 0.237 e. The normalized spacial score (nSPS) is 10.6. The maximum absolute atomic E-state index is 10.8. The van der Waals surface area contributed by atoms with Crippen LogP contribution in [0, 0.1) is 0 Å². The van der Waals surface area contributed by atoms with E-state index in [1.165, 1.54) is 0 Å². The Balaban J connectivity index is 2.58. The topological polar surface area (TPSA) is 48.0 Å². The molecule has 1 heterocycles. The lowest BCUT2D eigenvalue weighted by molar-refractivity contribution is -0.118. The number of carbonyl (C=O) groups excluding carboxylic acids is 1. The molecule has 0 unspecified atom stereocenters. The van der Waals surface area contributed by atoms with Crippen molar-refractivity contribution in [3.05, 3.63) is 35.5 Å². The zero-order valence-electron chi connectivity index (χ0n) is 7.40. The van der Waals surface area contributed by atoms with E-state index in [4.69, 9.17) is 17.3 Å². The Bertz CT molecular complexity index is 490. The summed E-state index contributed by atoms with van der Waals surface area (Å²) in [4.78, 5) is 10.8. The van der Waals surface area contributed by atoms with Gasteiger partial charge in [0.2, 0.25) is 5.91 Å². The molecule has 0 fully saturated rings. The lowest BCUT2D eigenvalue weighted by Crippen LogP contribution is -2.17. The molecule has 2 rings (SSSR count). The Labute approximate surface area is 86.1 Å². The number of hydrogen-bond acceptors (Lipinski definition) is 1. The van der Waals surface area contributed by atoms with Gasteiger partial charge in [0.15, 0.2) is 0 Å². The van der Waals surface area contributed by atoms with Gasteiger partial charge >= 0.3 is 0 Å². The minimum Gasteiger partial charge on any atom is -0.368 e. The summed E-state index contributed by atoms with van der Waals surface area (Å²) in [5, 5.41) is 1.63. The number of fused-ring (bicyclic) bond motifs is 1. The van der Waals surface area contributed by atoms with Gasteiger partial charge < -0.3 is 10.3 Å². The van der Waals surface area contributed by atoms with Gasteiger partial charge in [0.05, 0.1) is 0 Å². The number of nitrogens with zero attached hydrogens (tertiary/aromatic N) is 1. The predicted molar refractivity (Wildman–Crippen MR) is 56.1 cm³/mol. The molecule has 4 heteroatoms. The van der Waals surface area contributed by atoms with Gasteiger partial charge in [0, 0.05) is 22.1 Å². The van der Waals surface area contributed by atoms with Crippen LogP contribution < -0.4 is 5.73 Å². The Morgan fingerprint density at radius 1 is 1.43 bits per heavy atom. The summed E-state index contributed by atoms with van der Waals surface area (Å²) in [6.07, 6.45) is 1.81. The number of aromatic nitrogens is 1. The fourth-order valence-corrected chi connectivity index (χ4v) is 1.72. The maximum Gasteiger partial charge on any atom is 0.237 e. The van der Waals surface area contributed by atoms with Crippen LogP contribution in [-0.2, 0) is 11.3 Å². The molecule has 0 bridgehead atoms. The third-order valence-corrected chi connectivity index (χ3v) is 2.42. The Morgan fingerprint density at radius 3 is 2.93 bits per heavy atom. The summed E-state index contributed by atoms with van der Waals surface area (Å²) in [5.41, 5.74) is 6.05. The quantitative estimate of drug-likeness (QED) is 0.804. The number of amides is 1. The molecule has 0 aliphatic carbocycles. The minimum atomic E-state index is -0.359. The summed E-state index contributed by atoms with van der Waals surface area (Å²) >= 11 is 5.98. The van der Waals surface area contributed by atoms with Crippen molar-refractivity contribution in [2.45, 2.75) is 6.54 Å². The van der Waals surface area contributed by atoms with E-state index in [9.17, 15) is 4.79 Å². The molecule has 2 aromatic rings. The molecule has 0 aliphatic rings. The number of primary amides is 1. The molecule has 0 aliphatic heterocycles. The van der Waals surface area contributed by atoms with Crippen molar-refractivity contribution in [1.29, 1.82) is 0 Å². The molecule has 1 aromatic carbocycles. The molecular weight excluding hydrogens is 200 g/mol. The van der Waals surface area contributed by atoms with Crippen molar-refractivity contribution in [2.75, 3.05) is 0 Å². The van der Waals surface area contributed by atoms with E-state index in [1.807, 2.05) is 24.3 Å². The van der Waals surface area contributed by atoms with Crippen LogP contribution in [0.2, 0.25) is 5.02 Å². The third-order valence-electron chi connectivity index (χ3n) is 2.09. The SMILES string of the molecule is NC(=O)Cn1ccc2c(Cl)cccc21. The van der Waals surface area contributed by atoms with Crippen LogP contribution in [0.5, 0.6) is 0 Å². The fourth-order valence-electron chi connectivity index (χ4n) is 1.49. The van der Waals surface area contributed by atoms with Gasteiger partial charge in [-0.25, -0.2) is 0 Å². The summed E-state index contributed by atoms with van der Waals surface area (Å²) < 4.78 is 1.78. The van der Waals surface area contributed by atoms with E-state index in [2.05, 4.69) is 0 Å². The van der Waals surface area contributed by atoms with Crippen LogP contribution >= 0.6 is 11.6 Å². The Morgan fingerprint density at radius 2 is 2.21 bits per heavy atom. The molecule has 2 N–H and O–H groups in total. The average Bonchev–Trinajstić information content (AvgIpc) is 2.49. The van der Waals surface area contributed by atoms with Crippen LogP contribution in [-0.4, -0.2) is 10.5 Å². The highest BCUT2D eigenvalue weighted by Crippen LogP contribution is 2.23. The van der Waals surface area contributed by atoms with Crippen LogP contribution in [0.25, 0.3) is 10.9 Å². The van der Waals surface area contributed by atoms with Gasteiger partial charge in [-0.15, -0.1) is 0 Å². The summed E-state index contributed by atoms with van der Waals surface area (Å²) in [5.74, 6) is -0.359. The zero-order chi connectivity index (χ0) is 10.1. The van der Waals surface area contributed by atoms with E-state index >= 15 is 0 Å². The van der Waals surface area contributed by atoms with Gasteiger partial charge in [-0.3, -0.25) is 4.79 Å². The molecule has 72 valence electrons. The number of halogens is 1. The zero-order valence-corrected chi connectivity index (χ0v) is 8.16. The molecule has 14 heavy (non-hydrogen) atoms. The summed E-state index contributed by atoms with van der Waals surface area (Å²) in [7, 11) is 0. The number of nitrogens with two attached hydrogens (primary N) is 1. The second-order valence-electron chi connectivity index (χ2n) is 3.08. The first kappa shape index (κ1) is 9.09. The van der Waals surface area contributed by atoms with E-state index < -0.39 is 0 Å². The second-order valence-corrected chi connectivity index (χ2v) is 3.49. The second kappa shape index (κ2) is 3.35. The Hall–Kier alpha value is -1.48. The van der Waals surface area contributed by atoms with Crippen LogP contribution in [0.3, 0.4) is 0 Å². The van der Waals surface area contributed by atoms with Gasteiger partial charge in [-0.1, -0.05) is 17.7 Å². The standard InChI is InChI=1S/C10H9ClN2O/c11-8-2-1-3-9-7(8)4-5-13(9)6-10(12)14/h1-5H,6H2,(H2,12,14). The lowest BCUT2D eigenvalue weighted by Gasteiger charge is -2.01. The molecule has 0 atom stereocenters. The molecule has 3 nitrogen and oxygen atoms in total. The van der Waals surface area contributed by atoms with E-state index in [-0.39, 0.29) is 12.5 Å². The first-order chi connectivity index (χ1) is 6.68. The highest BCUT2D eigenvalue weighted by atomic mass is 35.5. The average molecular weight is 209 g/mol. The van der Waals surface area contributed by atoms with Crippen molar-refractivity contribution in [2.24, 2.45) is 5.73 Å². The molecule has 1 aromatic heterocycles. The number of rotatable bonds is 2. The number of hydrogen-bond donors (Lipinski definition) is 1. The van der Waals surface area contributed by atoms with Gasteiger partial charge in [-0.2, -0.15) is 0 Å². The molecular formula is C10H9ClN2O. The van der Waals surface area contributed by atoms with E-state index in [1.54, 1.807) is 10.8 Å². The summed E-state index contributed by atoms with van der Waals surface area (Å²) in [6, 6.07) is 7.45. The van der Waals surface area contributed by atoms with Gasteiger partial charge in [-0.05, 0) is 18.2 Å². The highest BCUT2D eigenvalue weighted by Gasteiger charge is 2.04. The van der Waals surface area contributed by atoms with E-state index in [0.29, 0.717) is 5.02 Å². The molecule has 0 radical (unpaired) electrons. The van der Waals surface area contributed by atoms with Crippen molar-refractivity contribution >= 4 is 28.4 Å². The van der Waals surface area contributed by atoms with Crippen molar-refractivity contribution < 1.29 is 4.79 Å². The summed E-state index contributed by atoms with van der Waals surface area (Å²) in [6.45, 7) is 0.184. The monoisotopic (exact) mass is 208 g/mol. The van der Waals surface area contributed by atoms with Crippen LogP contribution in [0.4, 0.5) is 0 Å². The third kappa shape index (κ3) is 1.46. The largest absolute Gasteiger partial charge is 0.368 e. The van der Waals surface area contributed by atoms with Gasteiger partial charge in [0.1, 0.15) is 6.54 Å². The number of benzene rings is 1.